The van der Waals surface area contributed by atoms with Gasteiger partial charge in [0.2, 0.25) is 5.95 Å². The summed E-state index contributed by atoms with van der Waals surface area (Å²) in [6.45, 7) is 1.97. The van der Waals surface area contributed by atoms with E-state index in [0.717, 1.165) is 21.7 Å². The fourth-order valence-electron chi connectivity index (χ4n) is 1.60. The van der Waals surface area contributed by atoms with Crippen LogP contribution in [-0.2, 0) is 0 Å². The van der Waals surface area contributed by atoms with Crippen molar-refractivity contribution in [2.75, 3.05) is 5.43 Å². The molecule has 0 saturated heterocycles. The lowest BCUT2D eigenvalue weighted by Gasteiger charge is -1.91. The number of hydrazone groups is 1. The number of thiazole rings is 1. The highest BCUT2D eigenvalue weighted by Gasteiger charge is 1.99. The van der Waals surface area contributed by atoms with Crippen molar-refractivity contribution in [2.24, 2.45) is 5.10 Å². The summed E-state index contributed by atoms with van der Waals surface area (Å²) in [5, 5.41) is 7.08. The minimum Gasteiger partial charge on any atom is -0.323 e. The third kappa shape index (κ3) is 2.23. The first-order chi connectivity index (χ1) is 8.81. The molecule has 6 heteroatoms. The summed E-state index contributed by atoms with van der Waals surface area (Å²) in [6.07, 6.45) is 1.68. The molecule has 0 bridgehead atoms. The molecule has 0 aliphatic carbocycles. The second kappa shape index (κ2) is 4.58. The second-order valence-corrected chi connectivity index (χ2v) is 4.83. The van der Waals surface area contributed by atoms with Gasteiger partial charge in [-0.25, -0.2) is 15.4 Å². The summed E-state index contributed by atoms with van der Waals surface area (Å²) < 4.78 is 0. The maximum atomic E-state index is 4.35. The normalized spacial score (nSPS) is 11.4. The summed E-state index contributed by atoms with van der Waals surface area (Å²) in [5.41, 5.74) is 5.61. The molecule has 0 saturated carbocycles. The molecule has 90 valence electrons. The van der Waals surface area contributed by atoms with Crippen LogP contribution in [-0.4, -0.2) is 21.2 Å². The molecule has 2 N–H and O–H groups in total. The van der Waals surface area contributed by atoms with Crippen molar-refractivity contribution in [1.82, 2.24) is 15.0 Å². The van der Waals surface area contributed by atoms with Crippen LogP contribution in [0.1, 0.15) is 10.7 Å². The molecule has 18 heavy (non-hydrogen) atoms. The van der Waals surface area contributed by atoms with E-state index in [0.29, 0.717) is 5.95 Å². The Hall–Kier alpha value is -2.21. The van der Waals surface area contributed by atoms with Crippen LogP contribution in [0.4, 0.5) is 5.95 Å². The van der Waals surface area contributed by atoms with Gasteiger partial charge in [-0.1, -0.05) is 12.1 Å². The number of fused-ring (bicyclic) bond motifs is 1. The van der Waals surface area contributed by atoms with E-state index in [2.05, 4.69) is 25.5 Å². The fraction of sp³-hybridized carbons (Fsp3) is 0.0833. The first kappa shape index (κ1) is 10.9. The van der Waals surface area contributed by atoms with Crippen molar-refractivity contribution >= 4 is 34.5 Å². The van der Waals surface area contributed by atoms with Gasteiger partial charge in [-0.2, -0.15) is 5.10 Å². The van der Waals surface area contributed by atoms with Gasteiger partial charge in [0, 0.05) is 5.38 Å². The van der Waals surface area contributed by atoms with Crippen molar-refractivity contribution in [3.63, 3.8) is 0 Å². The minimum absolute atomic E-state index is 0.624. The lowest BCUT2D eigenvalue weighted by atomic mass is 10.3. The van der Waals surface area contributed by atoms with Gasteiger partial charge < -0.3 is 4.98 Å². The molecule has 3 aromatic rings. The zero-order chi connectivity index (χ0) is 12.4. The number of hydrogen-bond acceptors (Lipinski definition) is 5. The molecule has 0 spiro atoms. The van der Waals surface area contributed by atoms with Crippen LogP contribution in [0.25, 0.3) is 11.0 Å². The number of hydrogen-bond donors (Lipinski definition) is 2. The van der Waals surface area contributed by atoms with Gasteiger partial charge in [0.05, 0.1) is 27.9 Å². The predicted molar refractivity (Wildman–Crippen MR) is 74.2 cm³/mol. The number of rotatable bonds is 3. The minimum atomic E-state index is 0.624. The molecule has 2 heterocycles. The Bertz CT molecular complexity index is 664. The number of nitrogens with zero attached hydrogens (tertiary/aromatic N) is 3. The van der Waals surface area contributed by atoms with Gasteiger partial charge in [0.1, 0.15) is 0 Å². The average Bonchev–Trinajstić information content (AvgIpc) is 2.95. The standard InChI is InChI=1S/C12H11N5S/c1-8-14-9(7-18-8)6-13-17-12-15-10-4-2-3-5-11(10)16-12/h2-7H,1H3,(H2,15,16,17)/b13-6-. The van der Waals surface area contributed by atoms with Gasteiger partial charge in [-0.3, -0.25) is 0 Å². The first-order valence-corrected chi connectivity index (χ1v) is 6.35. The second-order valence-electron chi connectivity index (χ2n) is 3.76. The lowest BCUT2D eigenvalue weighted by Crippen LogP contribution is -1.92. The van der Waals surface area contributed by atoms with E-state index in [-0.39, 0.29) is 0 Å². The predicted octanol–water partition coefficient (Wildman–Crippen LogP) is 2.77. The van der Waals surface area contributed by atoms with Crippen molar-refractivity contribution in [3.05, 3.63) is 40.3 Å². The average molecular weight is 257 g/mol. The number of aryl methyl sites for hydroxylation is 1. The van der Waals surface area contributed by atoms with E-state index < -0.39 is 0 Å². The Balaban J connectivity index is 1.74. The quantitative estimate of drug-likeness (QED) is 0.560. The fourth-order valence-corrected chi connectivity index (χ4v) is 2.17. The molecule has 5 nitrogen and oxygen atoms in total. The number of aromatic nitrogens is 3. The Labute approximate surface area is 108 Å². The molecule has 0 aliphatic rings. The monoisotopic (exact) mass is 257 g/mol. The Kier molecular flexibility index (Phi) is 2.77. The number of para-hydroxylation sites is 2. The molecule has 0 unspecified atom stereocenters. The zero-order valence-corrected chi connectivity index (χ0v) is 10.5. The molecule has 2 aromatic heterocycles. The highest BCUT2D eigenvalue weighted by molar-refractivity contribution is 7.09. The summed E-state index contributed by atoms with van der Waals surface area (Å²) >= 11 is 1.60. The molecule has 0 atom stereocenters. The number of benzene rings is 1. The number of H-pyrrole nitrogens is 1. The van der Waals surface area contributed by atoms with E-state index in [9.17, 15) is 0 Å². The molecule has 0 amide bonds. The summed E-state index contributed by atoms with van der Waals surface area (Å²) in [7, 11) is 0. The van der Waals surface area contributed by atoms with Gasteiger partial charge in [-0.05, 0) is 19.1 Å². The van der Waals surface area contributed by atoms with Crippen LogP contribution >= 0.6 is 11.3 Å². The van der Waals surface area contributed by atoms with E-state index in [4.69, 9.17) is 0 Å². The summed E-state index contributed by atoms with van der Waals surface area (Å²) in [4.78, 5) is 11.8. The molecule has 3 rings (SSSR count). The molecule has 0 aliphatic heterocycles. The van der Waals surface area contributed by atoms with Crippen LogP contribution in [0.5, 0.6) is 0 Å². The molecular formula is C12H11N5S. The molecule has 0 radical (unpaired) electrons. The van der Waals surface area contributed by atoms with Gasteiger partial charge in [0.25, 0.3) is 0 Å². The Morgan fingerprint density at radius 3 is 3.00 bits per heavy atom. The van der Waals surface area contributed by atoms with Crippen LogP contribution in [0.15, 0.2) is 34.7 Å². The van der Waals surface area contributed by atoms with E-state index in [1.807, 2.05) is 36.6 Å². The van der Waals surface area contributed by atoms with Gasteiger partial charge >= 0.3 is 0 Å². The first-order valence-electron chi connectivity index (χ1n) is 5.47. The van der Waals surface area contributed by atoms with E-state index in [1.165, 1.54) is 0 Å². The van der Waals surface area contributed by atoms with E-state index in [1.54, 1.807) is 17.6 Å². The third-order valence-electron chi connectivity index (χ3n) is 2.39. The van der Waals surface area contributed by atoms with E-state index >= 15 is 0 Å². The van der Waals surface area contributed by atoms with Crippen LogP contribution in [0.3, 0.4) is 0 Å². The number of anilines is 1. The van der Waals surface area contributed by atoms with Crippen molar-refractivity contribution in [3.8, 4) is 0 Å². The van der Waals surface area contributed by atoms with Gasteiger partial charge in [-0.15, -0.1) is 11.3 Å². The largest absolute Gasteiger partial charge is 0.323 e. The molecular weight excluding hydrogens is 246 g/mol. The number of nitrogens with one attached hydrogen (secondary N) is 2. The highest BCUT2D eigenvalue weighted by Crippen LogP contribution is 2.13. The Morgan fingerprint density at radius 1 is 1.33 bits per heavy atom. The molecule has 1 aromatic carbocycles. The maximum absolute atomic E-state index is 4.35. The number of aromatic amines is 1. The summed E-state index contributed by atoms with van der Waals surface area (Å²) in [6, 6.07) is 7.84. The topological polar surface area (TPSA) is 66.0 Å². The summed E-state index contributed by atoms with van der Waals surface area (Å²) in [5.74, 6) is 0.624. The van der Waals surface area contributed by atoms with Crippen LogP contribution in [0.2, 0.25) is 0 Å². The smallest absolute Gasteiger partial charge is 0.222 e. The highest BCUT2D eigenvalue weighted by atomic mass is 32.1. The van der Waals surface area contributed by atoms with Crippen LogP contribution in [0, 0.1) is 6.92 Å². The number of imidazole rings is 1. The van der Waals surface area contributed by atoms with Crippen molar-refractivity contribution in [1.29, 1.82) is 0 Å². The van der Waals surface area contributed by atoms with Gasteiger partial charge in [0.15, 0.2) is 0 Å². The van der Waals surface area contributed by atoms with Crippen molar-refractivity contribution in [2.45, 2.75) is 6.92 Å². The maximum Gasteiger partial charge on any atom is 0.222 e. The van der Waals surface area contributed by atoms with Crippen LogP contribution < -0.4 is 5.43 Å². The Morgan fingerprint density at radius 2 is 2.22 bits per heavy atom. The molecule has 0 fully saturated rings. The van der Waals surface area contributed by atoms with Crippen molar-refractivity contribution < 1.29 is 0 Å². The lowest BCUT2D eigenvalue weighted by molar-refractivity contribution is 1.21. The SMILES string of the molecule is Cc1nc(/C=N\Nc2nc3ccccc3[nH]2)cs1. The zero-order valence-electron chi connectivity index (χ0n) is 9.71. The third-order valence-corrected chi connectivity index (χ3v) is 3.19.